The normalized spacial score (nSPS) is 14.9. The summed E-state index contributed by atoms with van der Waals surface area (Å²) in [5, 5.41) is 3.09. The zero-order valence-electron chi connectivity index (χ0n) is 24.2. The number of carbonyl (C=O) groups is 1. The van der Waals surface area contributed by atoms with Gasteiger partial charge in [-0.1, -0.05) is 36.4 Å². The second-order valence-electron chi connectivity index (χ2n) is 10.2. The third-order valence-corrected chi connectivity index (χ3v) is 7.25. The fourth-order valence-electron chi connectivity index (χ4n) is 5.07. The van der Waals surface area contributed by atoms with Gasteiger partial charge >= 0.3 is 0 Å². The summed E-state index contributed by atoms with van der Waals surface area (Å²) in [5.41, 5.74) is 4.53. The first-order chi connectivity index (χ1) is 19.4. The highest BCUT2D eigenvalue weighted by Crippen LogP contribution is 2.40. The summed E-state index contributed by atoms with van der Waals surface area (Å²) in [6.45, 7) is 2.91. The fraction of sp³-hybridized carbons (Fsp3) is 0.406. The molecule has 1 unspecified atom stereocenters. The summed E-state index contributed by atoms with van der Waals surface area (Å²) in [4.78, 5) is 17.5. The van der Waals surface area contributed by atoms with Gasteiger partial charge in [0.15, 0.2) is 23.0 Å². The van der Waals surface area contributed by atoms with Crippen LogP contribution in [0.1, 0.15) is 28.3 Å². The average Bonchev–Trinajstić information content (AvgIpc) is 2.97. The van der Waals surface area contributed by atoms with E-state index in [1.54, 1.807) is 21.3 Å². The second kappa shape index (κ2) is 14.1. The minimum Gasteiger partial charge on any atom is -0.493 e. The number of carbonyl (C=O) groups excluding carboxylic acids is 1. The van der Waals surface area contributed by atoms with Crippen LogP contribution in [0.4, 0.5) is 0 Å². The molecule has 40 heavy (non-hydrogen) atoms. The lowest BCUT2D eigenvalue weighted by Crippen LogP contribution is -2.43. The van der Waals surface area contributed by atoms with E-state index in [1.165, 1.54) is 5.56 Å². The number of methoxy groups -OCH3 is 3. The Morgan fingerprint density at radius 1 is 0.900 bits per heavy atom. The molecular formula is C32H41N3O5. The standard InChI is InChI=1S/C32H41N3O5/c1-34(2)15-16-40-31-20-26-25(19-30(31)39-5)13-14-35(22-32(36)33-21-23-9-7-6-8-10-23)27(26)17-24-11-12-28(37-3)29(18-24)38-4/h6-12,18-20,27H,13-17,21-22H2,1-5H3,(H,33,36). The van der Waals surface area contributed by atoms with Crippen molar-refractivity contribution in [2.24, 2.45) is 0 Å². The molecule has 1 N–H and O–H groups in total. The summed E-state index contributed by atoms with van der Waals surface area (Å²) >= 11 is 0. The molecule has 0 aromatic heterocycles. The van der Waals surface area contributed by atoms with Gasteiger partial charge in [-0.15, -0.1) is 0 Å². The Balaban J connectivity index is 1.62. The molecule has 1 amide bonds. The number of hydrogen-bond acceptors (Lipinski definition) is 7. The van der Waals surface area contributed by atoms with Gasteiger partial charge in [0.05, 0.1) is 27.9 Å². The predicted molar refractivity (Wildman–Crippen MR) is 157 cm³/mol. The van der Waals surface area contributed by atoms with Gasteiger partial charge in [-0.2, -0.15) is 0 Å². The third kappa shape index (κ3) is 7.46. The van der Waals surface area contributed by atoms with Crippen molar-refractivity contribution in [3.63, 3.8) is 0 Å². The van der Waals surface area contributed by atoms with Gasteiger partial charge in [-0.05, 0) is 73.5 Å². The Kier molecular flexibility index (Phi) is 10.3. The van der Waals surface area contributed by atoms with Crippen molar-refractivity contribution in [3.8, 4) is 23.0 Å². The Morgan fingerprint density at radius 2 is 1.62 bits per heavy atom. The molecule has 1 aliphatic heterocycles. The number of amides is 1. The SMILES string of the molecule is COc1ccc(CC2c3cc(OCCN(C)C)c(OC)cc3CCN2CC(=O)NCc2ccccc2)cc1OC. The third-order valence-electron chi connectivity index (χ3n) is 7.25. The van der Waals surface area contributed by atoms with Crippen LogP contribution in [0.15, 0.2) is 60.7 Å². The van der Waals surface area contributed by atoms with Crippen LogP contribution in [0.3, 0.4) is 0 Å². The molecule has 0 bridgehead atoms. The van der Waals surface area contributed by atoms with Crippen molar-refractivity contribution in [3.05, 3.63) is 82.9 Å². The molecule has 0 saturated heterocycles. The van der Waals surface area contributed by atoms with Crippen LogP contribution in [-0.2, 0) is 24.2 Å². The fourth-order valence-corrected chi connectivity index (χ4v) is 5.07. The maximum Gasteiger partial charge on any atom is 0.234 e. The van der Waals surface area contributed by atoms with E-state index in [0.29, 0.717) is 37.6 Å². The molecule has 0 fully saturated rings. The average molecular weight is 548 g/mol. The molecule has 1 atom stereocenters. The minimum atomic E-state index is -0.0357. The van der Waals surface area contributed by atoms with E-state index in [0.717, 1.165) is 47.7 Å². The topological polar surface area (TPSA) is 72.5 Å². The zero-order chi connectivity index (χ0) is 28.5. The van der Waals surface area contributed by atoms with Gasteiger partial charge < -0.3 is 29.2 Å². The van der Waals surface area contributed by atoms with Crippen molar-refractivity contribution in [2.75, 3.05) is 61.7 Å². The van der Waals surface area contributed by atoms with Gasteiger partial charge in [-0.25, -0.2) is 0 Å². The number of hydrogen-bond donors (Lipinski definition) is 1. The van der Waals surface area contributed by atoms with E-state index < -0.39 is 0 Å². The second-order valence-corrected chi connectivity index (χ2v) is 10.2. The molecule has 0 aliphatic carbocycles. The lowest BCUT2D eigenvalue weighted by Gasteiger charge is -2.37. The van der Waals surface area contributed by atoms with Crippen molar-refractivity contribution >= 4 is 5.91 Å². The molecule has 0 spiro atoms. The molecular weight excluding hydrogens is 506 g/mol. The van der Waals surface area contributed by atoms with Crippen LogP contribution in [0, 0.1) is 0 Å². The maximum absolute atomic E-state index is 13.1. The smallest absolute Gasteiger partial charge is 0.234 e. The molecule has 0 radical (unpaired) electrons. The molecule has 8 heteroatoms. The zero-order valence-corrected chi connectivity index (χ0v) is 24.2. The molecule has 1 aliphatic rings. The lowest BCUT2D eigenvalue weighted by molar-refractivity contribution is -0.123. The van der Waals surface area contributed by atoms with E-state index in [-0.39, 0.29) is 11.9 Å². The van der Waals surface area contributed by atoms with Crippen LogP contribution in [0.2, 0.25) is 0 Å². The maximum atomic E-state index is 13.1. The Morgan fingerprint density at radius 3 is 2.33 bits per heavy atom. The first kappa shape index (κ1) is 29.2. The first-order valence-corrected chi connectivity index (χ1v) is 13.7. The highest BCUT2D eigenvalue weighted by molar-refractivity contribution is 5.78. The lowest BCUT2D eigenvalue weighted by atomic mass is 9.88. The van der Waals surface area contributed by atoms with Crippen LogP contribution in [-0.4, -0.2) is 77.4 Å². The number of nitrogens with one attached hydrogen (secondary N) is 1. The van der Waals surface area contributed by atoms with E-state index >= 15 is 0 Å². The van der Waals surface area contributed by atoms with E-state index in [2.05, 4.69) is 33.3 Å². The molecule has 0 saturated carbocycles. The van der Waals surface area contributed by atoms with E-state index in [4.69, 9.17) is 18.9 Å². The summed E-state index contributed by atoms with van der Waals surface area (Å²) in [6.07, 6.45) is 1.51. The Labute approximate surface area is 237 Å². The van der Waals surface area contributed by atoms with Crippen LogP contribution in [0.5, 0.6) is 23.0 Å². The summed E-state index contributed by atoms with van der Waals surface area (Å²) < 4.78 is 22.9. The highest BCUT2D eigenvalue weighted by Gasteiger charge is 2.31. The molecule has 214 valence electrons. The van der Waals surface area contributed by atoms with Gasteiger partial charge in [0.1, 0.15) is 6.61 Å². The van der Waals surface area contributed by atoms with Crippen molar-refractivity contribution in [2.45, 2.75) is 25.4 Å². The Bertz CT molecular complexity index is 1260. The highest BCUT2D eigenvalue weighted by atomic mass is 16.5. The molecule has 3 aromatic carbocycles. The minimum absolute atomic E-state index is 0.000540. The van der Waals surface area contributed by atoms with Gasteiger partial charge in [0.2, 0.25) is 5.91 Å². The molecule has 3 aromatic rings. The first-order valence-electron chi connectivity index (χ1n) is 13.7. The van der Waals surface area contributed by atoms with Crippen LogP contribution in [0.25, 0.3) is 0 Å². The summed E-state index contributed by atoms with van der Waals surface area (Å²) in [6, 6.07) is 20.1. The summed E-state index contributed by atoms with van der Waals surface area (Å²) in [7, 11) is 9.00. The molecule has 4 rings (SSSR count). The van der Waals surface area contributed by atoms with Crippen LogP contribution >= 0.6 is 0 Å². The number of nitrogens with zero attached hydrogens (tertiary/aromatic N) is 2. The molecule has 8 nitrogen and oxygen atoms in total. The van der Waals surface area contributed by atoms with Crippen molar-refractivity contribution in [1.29, 1.82) is 0 Å². The van der Waals surface area contributed by atoms with Gasteiger partial charge in [-0.3, -0.25) is 9.69 Å². The van der Waals surface area contributed by atoms with Gasteiger partial charge in [0.25, 0.3) is 0 Å². The number of benzene rings is 3. The van der Waals surface area contributed by atoms with Crippen LogP contribution < -0.4 is 24.3 Å². The largest absolute Gasteiger partial charge is 0.493 e. The van der Waals surface area contributed by atoms with Crippen molar-refractivity contribution in [1.82, 2.24) is 15.1 Å². The number of likely N-dealkylation sites (N-methyl/N-ethyl adjacent to an activating group) is 1. The van der Waals surface area contributed by atoms with Gasteiger partial charge in [0, 0.05) is 25.7 Å². The molecule has 1 heterocycles. The van der Waals surface area contributed by atoms with Crippen molar-refractivity contribution < 1.29 is 23.7 Å². The van der Waals surface area contributed by atoms with E-state index in [9.17, 15) is 4.79 Å². The monoisotopic (exact) mass is 547 g/mol. The Hall–Kier alpha value is -3.75. The predicted octanol–water partition coefficient (Wildman–Crippen LogP) is 4.11. The number of ether oxygens (including phenoxy) is 4. The number of fused-ring (bicyclic) bond motifs is 1. The summed E-state index contributed by atoms with van der Waals surface area (Å²) in [5.74, 6) is 2.83. The quantitative estimate of drug-likeness (QED) is 0.345. The number of rotatable bonds is 13. The van der Waals surface area contributed by atoms with E-state index in [1.807, 2.05) is 56.6 Å².